The van der Waals surface area contributed by atoms with Crippen molar-refractivity contribution in [2.45, 2.75) is 19.9 Å². The van der Waals surface area contributed by atoms with Gasteiger partial charge in [0.2, 0.25) is 15.9 Å². The molecule has 1 aromatic carbocycles. The lowest BCUT2D eigenvalue weighted by Gasteiger charge is -2.29. The molecule has 1 amide bonds. The van der Waals surface area contributed by atoms with Crippen LogP contribution in [0.1, 0.15) is 18.1 Å². The minimum Gasteiger partial charge on any atom is -0.493 e. The Kier molecular flexibility index (Phi) is 5.48. The summed E-state index contributed by atoms with van der Waals surface area (Å²) in [6, 6.07) is 3.72. The number of benzene rings is 1. The number of carbonyl (C=O) groups is 1. The summed E-state index contributed by atoms with van der Waals surface area (Å²) in [4.78, 5) is 10.9. The van der Waals surface area contributed by atoms with Crippen LogP contribution in [-0.2, 0) is 27.8 Å². The van der Waals surface area contributed by atoms with Gasteiger partial charge in [0.25, 0.3) is 0 Å². The summed E-state index contributed by atoms with van der Waals surface area (Å²) in [6.45, 7) is 2.21. The number of nitrogens with one attached hydrogen (secondary N) is 1. The maximum atomic E-state index is 12.4. The summed E-state index contributed by atoms with van der Waals surface area (Å²) in [5.74, 6) is 0.896. The highest BCUT2D eigenvalue weighted by molar-refractivity contribution is 7.89. The van der Waals surface area contributed by atoms with Crippen molar-refractivity contribution >= 4 is 15.9 Å². The van der Waals surface area contributed by atoms with Crippen molar-refractivity contribution < 1.29 is 22.7 Å². The van der Waals surface area contributed by atoms with Crippen LogP contribution in [0, 0.1) is 0 Å². The molecule has 1 aromatic rings. The molecule has 0 radical (unpaired) electrons. The first-order valence-corrected chi connectivity index (χ1v) is 8.94. The first-order chi connectivity index (χ1) is 10.9. The molecule has 2 rings (SSSR count). The molecule has 8 heteroatoms. The van der Waals surface area contributed by atoms with Crippen LogP contribution < -0.4 is 14.8 Å². The van der Waals surface area contributed by atoms with Crippen LogP contribution in [0.4, 0.5) is 0 Å². The Bertz CT molecular complexity index is 687. The van der Waals surface area contributed by atoms with E-state index >= 15 is 0 Å². The molecule has 7 nitrogen and oxygen atoms in total. The summed E-state index contributed by atoms with van der Waals surface area (Å²) in [5.41, 5.74) is 1.98. The van der Waals surface area contributed by atoms with Gasteiger partial charge in [-0.15, -0.1) is 0 Å². The fraction of sp³-hybridized carbons (Fsp3) is 0.533. The van der Waals surface area contributed by atoms with Crippen LogP contribution in [0.25, 0.3) is 0 Å². The fourth-order valence-corrected chi connectivity index (χ4v) is 3.90. The number of hydrogen-bond donors (Lipinski definition) is 1. The molecule has 23 heavy (non-hydrogen) atoms. The van der Waals surface area contributed by atoms with E-state index in [-0.39, 0.29) is 18.2 Å². The van der Waals surface area contributed by atoms with Crippen molar-refractivity contribution in [2.24, 2.45) is 0 Å². The first-order valence-electron chi connectivity index (χ1n) is 7.33. The molecule has 1 heterocycles. The van der Waals surface area contributed by atoms with Gasteiger partial charge in [0, 0.05) is 26.6 Å². The average molecular weight is 342 g/mol. The summed E-state index contributed by atoms with van der Waals surface area (Å²) < 4.78 is 36.7. The van der Waals surface area contributed by atoms with Gasteiger partial charge in [-0.1, -0.05) is 0 Å². The van der Waals surface area contributed by atoms with Crippen molar-refractivity contribution in [1.29, 1.82) is 0 Å². The minimum atomic E-state index is -3.41. The number of nitrogens with zero attached hydrogens (tertiary/aromatic N) is 1. The van der Waals surface area contributed by atoms with Gasteiger partial charge in [0.05, 0.1) is 20.0 Å². The number of sulfonamides is 1. The van der Waals surface area contributed by atoms with Gasteiger partial charge in [-0.3, -0.25) is 4.79 Å². The predicted molar refractivity (Wildman–Crippen MR) is 86.1 cm³/mol. The molecule has 0 atom stereocenters. The van der Waals surface area contributed by atoms with Crippen LogP contribution in [-0.4, -0.2) is 51.7 Å². The molecule has 0 aromatic heterocycles. The molecular formula is C15H22N2O5S. The predicted octanol–water partition coefficient (Wildman–Crippen LogP) is 0.528. The third kappa shape index (κ3) is 4.14. The number of rotatable bonds is 6. The van der Waals surface area contributed by atoms with Gasteiger partial charge in [0.15, 0.2) is 11.5 Å². The zero-order valence-corrected chi connectivity index (χ0v) is 14.4. The smallest absolute Gasteiger partial charge is 0.216 e. The number of amides is 1. The third-order valence-electron chi connectivity index (χ3n) is 3.81. The Balaban J connectivity index is 2.14. The lowest BCUT2D eigenvalue weighted by molar-refractivity contribution is -0.118. The molecule has 0 spiro atoms. The normalized spacial score (nSPS) is 14.9. The van der Waals surface area contributed by atoms with Gasteiger partial charge < -0.3 is 14.8 Å². The second kappa shape index (κ2) is 7.18. The highest BCUT2D eigenvalue weighted by Crippen LogP contribution is 2.33. The van der Waals surface area contributed by atoms with E-state index in [4.69, 9.17) is 9.47 Å². The second-order valence-corrected chi connectivity index (χ2v) is 7.45. The van der Waals surface area contributed by atoms with E-state index in [0.717, 1.165) is 11.1 Å². The van der Waals surface area contributed by atoms with Gasteiger partial charge >= 0.3 is 0 Å². The number of hydrogen-bond acceptors (Lipinski definition) is 5. The standard InChI is InChI=1S/C15H22N2O5S/c1-11(18)16-5-7-23(19,20)17-6-4-12-8-14(21-2)15(22-3)9-13(12)10-17/h8-9H,4-7,10H2,1-3H3,(H,16,18). The summed E-state index contributed by atoms with van der Waals surface area (Å²) in [6.07, 6.45) is 0.620. The van der Waals surface area contributed by atoms with Crippen LogP contribution in [0.3, 0.4) is 0 Å². The van der Waals surface area contributed by atoms with Crippen molar-refractivity contribution in [3.8, 4) is 11.5 Å². The van der Waals surface area contributed by atoms with Crippen LogP contribution >= 0.6 is 0 Å². The van der Waals surface area contributed by atoms with E-state index in [1.165, 1.54) is 11.2 Å². The quantitative estimate of drug-likeness (QED) is 0.815. The maximum Gasteiger partial charge on any atom is 0.216 e. The Morgan fingerprint density at radius 3 is 2.39 bits per heavy atom. The maximum absolute atomic E-state index is 12.4. The Morgan fingerprint density at radius 1 is 1.22 bits per heavy atom. The van der Waals surface area contributed by atoms with Crippen molar-refractivity contribution in [3.05, 3.63) is 23.3 Å². The first kappa shape index (κ1) is 17.6. The van der Waals surface area contributed by atoms with Crippen LogP contribution in [0.15, 0.2) is 12.1 Å². The summed E-state index contributed by atoms with van der Waals surface area (Å²) >= 11 is 0. The fourth-order valence-electron chi connectivity index (χ4n) is 2.58. The highest BCUT2D eigenvalue weighted by Gasteiger charge is 2.27. The van der Waals surface area contributed by atoms with Crippen LogP contribution in [0.5, 0.6) is 11.5 Å². The molecular weight excluding hydrogens is 320 g/mol. The zero-order valence-electron chi connectivity index (χ0n) is 13.6. The van der Waals surface area contributed by atoms with Gasteiger partial charge in [-0.25, -0.2) is 8.42 Å². The second-order valence-electron chi connectivity index (χ2n) is 5.36. The van der Waals surface area contributed by atoms with E-state index in [1.54, 1.807) is 14.2 Å². The van der Waals surface area contributed by atoms with Gasteiger partial charge in [0.1, 0.15) is 0 Å². The molecule has 1 aliphatic heterocycles. The topological polar surface area (TPSA) is 84.9 Å². The molecule has 0 saturated heterocycles. The number of carbonyl (C=O) groups excluding carboxylic acids is 1. The van der Waals surface area contributed by atoms with E-state index in [9.17, 15) is 13.2 Å². The van der Waals surface area contributed by atoms with Crippen LogP contribution in [0.2, 0.25) is 0 Å². The average Bonchev–Trinajstić information content (AvgIpc) is 2.52. The Hall–Kier alpha value is -1.80. The highest BCUT2D eigenvalue weighted by atomic mass is 32.2. The lowest BCUT2D eigenvalue weighted by Crippen LogP contribution is -2.40. The van der Waals surface area contributed by atoms with E-state index in [1.807, 2.05) is 12.1 Å². The molecule has 0 unspecified atom stereocenters. The molecule has 0 bridgehead atoms. The molecule has 1 aliphatic rings. The molecule has 0 saturated carbocycles. The Labute approximate surface area is 136 Å². The van der Waals surface area contributed by atoms with Crippen molar-refractivity contribution in [2.75, 3.05) is 33.1 Å². The largest absolute Gasteiger partial charge is 0.493 e. The third-order valence-corrected chi connectivity index (χ3v) is 5.63. The number of fused-ring (bicyclic) bond motifs is 1. The van der Waals surface area contributed by atoms with Crippen molar-refractivity contribution in [3.63, 3.8) is 0 Å². The summed E-state index contributed by atoms with van der Waals surface area (Å²) in [5, 5.41) is 2.51. The number of ether oxygens (including phenoxy) is 2. The monoisotopic (exact) mass is 342 g/mol. The lowest BCUT2D eigenvalue weighted by atomic mass is 10.0. The SMILES string of the molecule is COc1cc2c(cc1OC)CN(S(=O)(=O)CCNC(C)=O)CC2. The Morgan fingerprint density at radius 2 is 1.83 bits per heavy atom. The number of methoxy groups -OCH3 is 2. The van der Waals surface area contributed by atoms with Gasteiger partial charge in [-0.05, 0) is 29.7 Å². The van der Waals surface area contributed by atoms with Crippen molar-refractivity contribution in [1.82, 2.24) is 9.62 Å². The molecule has 0 aliphatic carbocycles. The molecule has 1 N–H and O–H groups in total. The van der Waals surface area contributed by atoms with Gasteiger partial charge in [-0.2, -0.15) is 4.31 Å². The molecule has 128 valence electrons. The van der Waals surface area contributed by atoms with E-state index in [2.05, 4.69) is 5.32 Å². The minimum absolute atomic E-state index is 0.102. The molecule has 0 fully saturated rings. The summed E-state index contributed by atoms with van der Waals surface area (Å²) in [7, 11) is -0.285. The van der Waals surface area contributed by atoms with E-state index < -0.39 is 10.0 Å². The zero-order chi connectivity index (χ0) is 17.0. The van der Waals surface area contributed by atoms with E-state index in [0.29, 0.717) is 31.0 Å².